The predicted octanol–water partition coefficient (Wildman–Crippen LogP) is 4.55. The van der Waals surface area contributed by atoms with Crippen molar-refractivity contribution in [3.63, 3.8) is 0 Å². The van der Waals surface area contributed by atoms with E-state index in [0.29, 0.717) is 0 Å². The molecule has 1 aliphatic rings. The van der Waals surface area contributed by atoms with Crippen LogP contribution in [-0.2, 0) is 0 Å². The number of hydrogen-bond donors (Lipinski definition) is 0. The first-order chi connectivity index (χ1) is 8.22. The minimum atomic E-state index is 0.755. The summed E-state index contributed by atoms with van der Waals surface area (Å²) in [5.74, 6) is 1.51. The van der Waals surface area contributed by atoms with Gasteiger partial charge in [0, 0.05) is 11.6 Å². The van der Waals surface area contributed by atoms with Crippen LogP contribution in [0.5, 0.6) is 0 Å². The van der Waals surface area contributed by atoms with Crippen molar-refractivity contribution in [1.29, 1.82) is 0 Å². The average molecular weight is 354 g/mol. The quantitative estimate of drug-likeness (QED) is 0.740. The molecule has 0 atom stereocenters. The second-order valence-corrected chi connectivity index (χ2v) is 5.86. The van der Waals surface area contributed by atoms with Gasteiger partial charge in [0.25, 0.3) is 0 Å². The molecule has 2 nitrogen and oxygen atoms in total. The number of benzene rings is 1. The van der Waals surface area contributed by atoms with Crippen molar-refractivity contribution in [3.05, 3.63) is 45.1 Å². The fraction of sp³-hybridized carbons (Fsp3) is 0.231. The third kappa shape index (κ3) is 2.58. The Kier molecular flexibility index (Phi) is 3.01. The van der Waals surface area contributed by atoms with Gasteiger partial charge in [0.1, 0.15) is 9.21 Å². The minimum absolute atomic E-state index is 0.755. The van der Waals surface area contributed by atoms with Gasteiger partial charge >= 0.3 is 0 Å². The lowest BCUT2D eigenvalue weighted by molar-refractivity contribution is 1.10. The first-order valence-corrected chi connectivity index (χ1v) is 7.11. The van der Waals surface area contributed by atoms with Crippen LogP contribution in [0.4, 0.5) is 0 Å². The minimum Gasteiger partial charge on any atom is -0.221 e. The number of rotatable bonds is 2. The molecule has 2 aromatic rings. The molecular weight excluding hydrogens is 344 g/mol. The zero-order valence-electron chi connectivity index (χ0n) is 9.03. The molecule has 0 amide bonds. The fourth-order valence-corrected chi connectivity index (χ4v) is 2.94. The Bertz CT molecular complexity index is 545. The lowest BCUT2D eigenvalue weighted by Gasteiger charge is -2.04. The molecule has 1 fully saturated rings. The van der Waals surface area contributed by atoms with E-state index in [0.717, 1.165) is 26.5 Å². The molecule has 1 heterocycles. The topological polar surface area (TPSA) is 25.8 Å². The van der Waals surface area contributed by atoms with Gasteiger partial charge in [-0.1, -0.05) is 18.2 Å². The molecule has 0 radical (unpaired) electrons. The van der Waals surface area contributed by atoms with E-state index in [9.17, 15) is 0 Å². The molecule has 0 spiro atoms. The van der Waals surface area contributed by atoms with Crippen LogP contribution in [0.25, 0.3) is 11.4 Å². The molecule has 0 saturated heterocycles. The number of hydrogen-bond acceptors (Lipinski definition) is 2. The third-order valence-corrected chi connectivity index (χ3v) is 3.67. The van der Waals surface area contributed by atoms with Gasteiger partial charge < -0.3 is 0 Å². The van der Waals surface area contributed by atoms with Crippen LogP contribution in [-0.4, -0.2) is 9.97 Å². The average Bonchev–Trinajstić information content (AvgIpc) is 3.12. The van der Waals surface area contributed by atoms with Gasteiger partial charge in [-0.05, 0) is 62.2 Å². The molecule has 0 N–H and O–H groups in total. The Labute approximate surface area is 117 Å². The molecule has 86 valence electrons. The Hall–Kier alpha value is -0.740. The molecule has 4 heteroatoms. The van der Waals surface area contributed by atoms with Gasteiger partial charge in [-0.25, -0.2) is 9.97 Å². The second-order valence-electron chi connectivity index (χ2n) is 4.24. The first kappa shape index (κ1) is 11.4. The lowest BCUT2D eigenvalue weighted by Crippen LogP contribution is -1.91. The van der Waals surface area contributed by atoms with Crippen LogP contribution in [0.2, 0.25) is 0 Å². The van der Waals surface area contributed by atoms with Crippen molar-refractivity contribution in [2.24, 2.45) is 0 Å². The highest BCUT2D eigenvalue weighted by Crippen LogP contribution is 2.40. The molecule has 1 aromatic carbocycles. The van der Waals surface area contributed by atoms with Crippen LogP contribution < -0.4 is 0 Å². The maximum atomic E-state index is 4.40. The summed E-state index contributed by atoms with van der Waals surface area (Å²) in [6.07, 6.45) is 2.62. The maximum absolute atomic E-state index is 4.40. The van der Waals surface area contributed by atoms with Crippen molar-refractivity contribution in [2.75, 3.05) is 0 Å². The van der Waals surface area contributed by atoms with Crippen LogP contribution in [0.15, 0.2) is 39.5 Å². The van der Waals surface area contributed by atoms with Crippen molar-refractivity contribution < 1.29 is 0 Å². The van der Waals surface area contributed by atoms with Crippen molar-refractivity contribution >= 4 is 31.9 Å². The molecule has 0 aliphatic heterocycles. The Morgan fingerprint density at radius 2 is 1.71 bits per heavy atom. The van der Waals surface area contributed by atoms with Gasteiger partial charge in [0.15, 0.2) is 5.82 Å². The molecular formula is C13H10Br2N2. The zero-order valence-corrected chi connectivity index (χ0v) is 12.2. The standard InChI is InChI=1S/C13H10Br2N2/c14-11-7-12(15)17-13(16-11)10-3-1-2-9(6-10)8-4-5-8/h1-3,6-8H,4-5H2. The van der Waals surface area contributed by atoms with Crippen LogP contribution >= 0.6 is 31.9 Å². The van der Waals surface area contributed by atoms with Crippen molar-refractivity contribution in [3.8, 4) is 11.4 Å². The predicted molar refractivity (Wildman–Crippen MR) is 74.8 cm³/mol. The SMILES string of the molecule is Brc1cc(Br)nc(-c2cccc(C3CC3)c2)n1. The summed E-state index contributed by atoms with van der Waals surface area (Å²) in [6, 6.07) is 10.4. The van der Waals surface area contributed by atoms with E-state index in [-0.39, 0.29) is 0 Å². The molecule has 1 aromatic heterocycles. The molecule has 0 bridgehead atoms. The van der Waals surface area contributed by atoms with Gasteiger partial charge in [0.05, 0.1) is 0 Å². The highest BCUT2D eigenvalue weighted by Gasteiger charge is 2.23. The van der Waals surface area contributed by atoms with E-state index in [4.69, 9.17) is 0 Å². The first-order valence-electron chi connectivity index (χ1n) is 5.53. The molecule has 3 rings (SSSR count). The van der Waals surface area contributed by atoms with E-state index < -0.39 is 0 Å². The summed E-state index contributed by atoms with van der Waals surface area (Å²) in [4.78, 5) is 8.80. The summed E-state index contributed by atoms with van der Waals surface area (Å²) in [5, 5.41) is 0. The Morgan fingerprint density at radius 3 is 2.35 bits per heavy atom. The summed E-state index contributed by atoms with van der Waals surface area (Å²) in [6.45, 7) is 0. The second kappa shape index (κ2) is 4.50. The van der Waals surface area contributed by atoms with Crippen LogP contribution in [0, 0.1) is 0 Å². The number of halogens is 2. The largest absolute Gasteiger partial charge is 0.221 e. The van der Waals surface area contributed by atoms with E-state index in [1.54, 1.807) is 0 Å². The van der Waals surface area contributed by atoms with E-state index in [1.807, 2.05) is 6.07 Å². The lowest BCUT2D eigenvalue weighted by atomic mass is 10.1. The highest BCUT2D eigenvalue weighted by molar-refractivity contribution is 9.11. The van der Waals surface area contributed by atoms with Crippen LogP contribution in [0.1, 0.15) is 24.3 Å². The van der Waals surface area contributed by atoms with Gasteiger partial charge in [-0.15, -0.1) is 0 Å². The Balaban J connectivity index is 2.04. The summed E-state index contributed by atoms with van der Waals surface area (Å²) < 4.78 is 1.59. The van der Waals surface area contributed by atoms with E-state index in [2.05, 4.69) is 66.1 Å². The number of aromatic nitrogens is 2. The van der Waals surface area contributed by atoms with Crippen LogP contribution in [0.3, 0.4) is 0 Å². The summed E-state index contributed by atoms with van der Waals surface area (Å²) >= 11 is 6.78. The van der Waals surface area contributed by atoms with E-state index in [1.165, 1.54) is 18.4 Å². The fourth-order valence-electron chi connectivity index (χ4n) is 1.87. The van der Waals surface area contributed by atoms with Gasteiger partial charge in [0.2, 0.25) is 0 Å². The van der Waals surface area contributed by atoms with E-state index >= 15 is 0 Å². The maximum Gasteiger partial charge on any atom is 0.161 e. The highest BCUT2D eigenvalue weighted by atomic mass is 79.9. The molecule has 1 aliphatic carbocycles. The summed E-state index contributed by atoms with van der Waals surface area (Å²) in [7, 11) is 0. The smallest absolute Gasteiger partial charge is 0.161 e. The monoisotopic (exact) mass is 352 g/mol. The number of nitrogens with zero attached hydrogens (tertiary/aromatic N) is 2. The zero-order chi connectivity index (χ0) is 11.8. The van der Waals surface area contributed by atoms with Gasteiger partial charge in [-0.2, -0.15) is 0 Å². The summed E-state index contributed by atoms with van der Waals surface area (Å²) in [5.41, 5.74) is 2.48. The normalized spacial score (nSPS) is 14.9. The molecule has 1 saturated carbocycles. The van der Waals surface area contributed by atoms with Gasteiger partial charge in [-0.3, -0.25) is 0 Å². The molecule has 17 heavy (non-hydrogen) atoms. The van der Waals surface area contributed by atoms with Crippen molar-refractivity contribution in [2.45, 2.75) is 18.8 Å². The molecule has 0 unspecified atom stereocenters. The van der Waals surface area contributed by atoms with Crippen molar-refractivity contribution in [1.82, 2.24) is 9.97 Å². The third-order valence-electron chi connectivity index (χ3n) is 2.86. The Morgan fingerprint density at radius 1 is 1.00 bits per heavy atom.